The first kappa shape index (κ1) is 18.1. The van der Waals surface area contributed by atoms with Crippen molar-refractivity contribution in [3.05, 3.63) is 36.9 Å². The summed E-state index contributed by atoms with van der Waals surface area (Å²) in [5.74, 6) is 1.68. The lowest BCUT2D eigenvalue weighted by atomic mass is 10.2. The molecule has 2 rings (SSSR count). The van der Waals surface area contributed by atoms with E-state index in [1.807, 2.05) is 42.7 Å². The number of nitrogens with one attached hydrogen (secondary N) is 1. The molecule has 0 saturated carbocycles. The molecule has 0 fully saturated rings. The van der Waals surface area contributed by atoms with Gasteiger partial charge in [-0.15, -0.1) is 16.8 Å². The highest BCUT2D eigenvalue weighted by molar-refractivity contribution is 7.99. The molecule has 0 unspecified atom stereocenters. The van der Waals surface area contributed by atoms with Crippen molar-refractivity contribution >= 4 is 17.7 Å². The van der Waals surface area contributed by atoms with Crippen LogP contribution in [-0.2, 0) is 11.3 Å². The molecule has 0 aliphatic heterocycles. The Balaban J connectivity index is 2.27. The van der Waals surface area contributed by atoms with Gasteiger partial charge in [0.25, 0.3) is 0 Å². The van der Waals surface area contributed by atoms with E-state index in [1.54, 1.807) is 13.2 Å². The molecule has 0 aliphatic carbocycles. The SMILES string of the molecule is C=CCn1c(SCC(=O)NC(C)C)nnc1-c1ccccc1OC. The number of thioether (sulfide) groups is 1. The topological polar surface area (TPSA) is 69.0 Å². The van der Waals surface area contributed by atoms with E-state index < -0.39 is 0 Å². The normalized spacial score (nSPS) is 10.7. The maximum absolute atomic E-state index is 11.8. The molecule has 1 heterocycles. The van der Waals surface area contributed by atoms with Gasteiger partial charge in [-0.25, -0.2) is 0 Å². The van der Waals surface area contributed by atoms with Crippen molar-refractivity contribution in [2.45, 2.75) is 31.6 Å². The lowest BCUT2D eigenvalue weighted by molar-refractivity contribution is -0.119. The lowest BCUT2D eigenvalue weighted by Gasteiger charge is -2.11. The van der Waals surface area contributed by atoms with Crippen LogP contribution in [0.1, 0.15) is 13.8 Å². The van der Waals surface area contributed by atoms with E-state index in [9.17, 15) is 4.79 Å². The minimum atomic E-state index is -0.0259. The van der Waals surface area contributed by atoms with Crippen molar-refractivity contribution in [2.75, 3.05) is 12.9 Å². The zero-order valence-corrected chi connectivity index (χ0v) is 15.0. The van der Waals surface area contributed by atoms with Gasteiger partial charge >= 0.3 is 0 Å². The van der Waals surface area contributed by atoms with Gasteiger partial charge in [-0.1, -0.05) is 30.0 Å². The Morgan fingerprint density at radius 2 is 2.17 bits per heavy atom. The van der Waals surface area contributed by atoms with Crippen molar-refractivity contribution in [1.82, 2.24) is 20.1 Å². The zero-order valence-electron chi connectivity index (χ0n) is 14.2. The summed E-state index contributed by atoms with van der Waals surface area (Å²) < 4.78 is 7.33. The van der Waals surface area contributed by atoms with Crippen LogP contribution in [0.15, 0.2) is 42.1 Å². The van der Waals surface area contributed by atoms with Crippen LogP contribution in [-0.4, -0.2) is 39.6 Å². The molecule has 1 aromatic carbocycles. The van der Waals surface area contributed by atoms with E-state index in [0.29, 0.717) is 23.3 Å². The molecule has 1 N–H and O–H groups in total. The molecule has 0 aliphatic rings. The summed E-state index contributed by atoms with van der Waals surface area (Å²) in [7, 11) is 1.62. The summed E-state index contributed by atoms with van der Waals surface area (Å²) in [6.45, 7) is 8.21. The molecule has 6 nitrogen and oxygen atoms in total. The van der Waals surface area contributed by atoms with Crippen LogP contribution in [0.3, 0.4) is 0 Å². The summed E-state index contributed by atoms with van der Waals surface area (Å²) >= 11 is 1.35. The molecule has 24 heavy (non-hydrogen) atoms. The number of benzene rings is 1. The maximum Gasteiger partial charge on any atom is 0.230 e. The highest BCUT2D eigenvalue weighted by atomic mass is 32.2. The monoisotopic (exact) mass is 346 g/mol. The van der Waals surface area contributed by atoms with E-state index in [4.69, 9.17) is 4.74 Å². The van der Waals surface area contributed by atoms with E-state index in [2.05, 4.69) is 22.1 Å². The van der Waals surface area contributed by atoms with Gasteiger partial charge in [0.15, 0.2) is 11.0 Å². The molecular formula is C17H22N4O2S. The molecule has 2 aromatic rings. The second kappa shape index (κ2) is 8.54. The Hall–Kier alpha value is -2.28. The molecule has 7 heteroatoms. The number of methoxy groups -OCH3 is 1. The van der Waals surface area contributed by atoms with Gasteiger partial charge in [-0.2, -0.15) is 0 Å². The third-order valence-corrected chi connectivity index (χ3v) is 4.13. The summed E-state index contributed by atoms with van der Waals surface area (Å²) in [6, 6.07) is 7.76. The van der Waals surface area contributed by atoms with Crippen molar-refractivity contribution in [1.29, 1.82) is 0 Å². The van der Waals surface area contributed by atoms with Crippen molar-refractivity contribution < 1.29 is 9.53 Å². The molecule has 0 saturated heterocycles. The van der Waals surface area contributed by atoms with Gasteiger partial charge in [-0.3, -0.25) is 9.36 Å². The van der Waals surface area contributed by atoms with Crippen LogP contribution in [0, 0.1) is 0 Å². The average Bonchev–Trinajstić information content (AvgIpc) is 2.95. The number of hydrogen-bond acceptors (Lipinski definition) is 5. The molecule has 1 amide bonds. The molecule has 128 valence electrons. The maximum atomic E-state index is 11.8. The third kappa shape index (κ3) is 4.38. The van der Waals surface area contributed by atoms with Crippen molar-refractivity contribution in [3.8, 4) is 17.1 Å². The van der Waals surface area contributed by atoms with Crippen LogP contribution in [0.25, 0.3) is 11.4 Å². The molecule has 0 radical (unpaired) electrons. The average molecular weight is 346 g/mol. The zero-order chi connectivity index (χ0) is 17.5. The van der Waals surface area contributed by atoms with Gasteiger partial charge in [0.1, 0.15) is 5.75 Å². The van der Waals surface area contributed by atoms with Crippen molar-refractivity contribution in [2.24, 2.45) is 0 Å². The third-order valence-electron chi connectivity index (χ3n) is 3.16. The fourth-order valence-electron chi connectivity index (χ4n) is 2.21. The summed E-state index contributed by atoms with van der Waals surface area (Å²) in [6.07, 6.45) is 1.78. The van der Waals surface area contributed by atoms with E-state index in [0.717, 1.165) is 11.3 Å². The Bertz CT molecular complexity index is 712. The fourth-order valence-corrected chi connectivity index (χ4v) is 2.97. The van der Waals surface area contributed by atoms with Crippen LogP contribution in [0.2, 0.25) is 0 Å². The Kier molecular flexibility index (Phi) is 6.43. The molecule has 0 atom stereocenters. The predicted molar refractivity (Wildman–Crippen MR) is 96.2 cm³/mol. The first-order valence-electron chi connectivity index (χ1n) is 7.66. The second-order valence-corrected chi connectivity index (χ2v) is 6.36. The number of carbonyl (C=O) groups is 1. The highest BCUT2D eigenvalue weighted by Crippen LogP contribution is 2.30. The smallest absolute Gasteiger partial charge is 0.230 e. The largest absolute Gasteiger partial charge is 0.496 e. The number of rotatable bonds is 8. The summed E-state index contributed by atoms with van der Waals surface area (Å²) in [4.78, 5) is 11.8. The lowest BCUT2D eigenvalue weighted by Crippen LogP contribution is -2.31. The van der Waals surface area contributed by atoms with E-state index >= 15 is 0 Å². The fraction of sp³-hybridized carbons (Fsp3) is 0.353. The first-order chi connectivity index (χ1) is 11.6. The van der Waals surface area contributed by atoms with Crippen LogP contribution in [0.4, 0.5) is 0 Å². The van der Waals surface area contributed by atoms with E-state index in [-0.39, 0.29) is 11.9 Å². The molecule has 0 spiro atoms. The van der Waals surface area contributed by atoms with Gasteiger partial charge in [0.05, 0.1) is 18.4 Å². The van der Waals surface area contributed by atoms with Crippen molar-refractivity contribution in [3.63, 3.8) is 0 Å². The first-order valence-corrected chi connectivity index (χ1v) is 8.65. The Labute approximate surface area is 146 Å². The van der Waals surface area contributed by atoms with Crippen LogP contribution in [0.5, 0.6) is 5.75 Å². The van der Waals surface area contributed by atoms with Crippen LogP contribution < -0.4 is 10.1 Å². The van der Waals surface area contributed by atoms with Crippen LogP contribution >= 0.6 is 11.8 Å². The van der Waals surface area contributed by atoms with Gasteiger partial charge in [0, 0.05) is 12.6 Å². The Morgan fingerprint density at radius 3 is 2.83 bits per heavy atom. The Morgan fingerprint density at radius 1 is 1.42 bits per heavy atom. The predicted octanol–water partition coefficient (Wildman–Crippen LogP) is 2.76. The number of aromatic nitrogens is 3. The number of hydrogen-bond donors (Lipinski definition) is 1. The molecule has 0 bridgehead atoms. The minimum absolute atomic E-state index is 0.0259. The number of allylic oxidation sites excluding steroid dienone is 1. The van der Waals surface area contributed by atoms with E-state index in [1.165, 1.54) is 11.8 Å². The number of ether oxygens (including phenoxy) is 1. The standard InChI is InChI=1S/C17H22N4O2S/c1-5-10-21-16(13-8-6-7-9-14(13)23-4)19-20-17(21)24-11-15(22)18-12(2)3/h5-9,12H,1,10-11H2,2-4H3,(H,18,22). The second-order valence-electron chi connectivity index (χ2n) is 5.42. The van der Waals surface area contributed by atoms with Gasteiger partial charge in [0.2, 0.25) is 5.91 Å². The number of carbonyl (C=O) groups excluding carboxylic acids is 1. The number of para-hydroxylation sites is 1. The summed E-state index contributed by atoms with van der Waals surface area (Å²) in [5.41, 5.74) is 0.854. The summed E-state index contributed by atoms with van der Waals surface area (Å²) in [5, 5.41) is 12.1. The number of amides is 1. The highest BCUT2D eigenvalue weighted by Gasteiger charge is 2.17. The van der Waals surface area contributed by atoms with Gasteiger partial charge in [-0.05, 0) is 26.0 Å². The van der Waals surface area contributed by atoms with Gasteiger partial charge < -0.3 is 10.1 Å². The molecular weight excluding hydrogens is 324 g/mol. The number of nitrogens with zero attached hydrogens (tertiary/aromatic N) is 3. The molecule has 1 aromatic heterocycles. The quantitative estimate of drug-likeness (QED) is 0.588. The minimum Gasteiger partial charge on any atom is -0.496 e.